The Morgan fingerprint density at radius 2 is 1.73 bits per heavy atom. The van der Waals surface area contributed by atoms with Gasteiger partial charge in [-0.1, -0.05) is 18.2 Å². The predicted molar refractivity (Wildman–Crippen MR) is 136 cm³/mol. The first kappa shape index (κ1) is 29.4. The lowest BCUT2D eigenvalue weighted by Crippen LogP contribution is -2.28. The number of hydrogen-bond donors (Lipinski definition) is 2. The molecule has 41 heavy (non-hydrogen) atoms. The number of aromatic nitrogens is 2. The highest BCUT2D eigenvalue weighted by Gasteiger charge is 2.42. The van der Waals surface area contributed by atoms with E-state index in [-0.39, 0.29) is 5.56 Å². The average Bonchev–Trinajstić information content (AvgIpc) is 3.34. The van der Waals surface area contributed by atoms with E-state index >= 15 is 0 Å². The van der Waals surface area contributed by atoms with Crippen molar-refractivity contribution in [1.29, 1.82) is 0 Å². The van der Waals surface area contributed by atoms with E-state index < -0.39 is 42.2 Å². The summed E-state index contributed by atoms with van der Waals surface area (Å²) in [5, 5.41) is 3.71. The maximum Gasteiger partial charge on any atom is 0.491 e. The lowest BCUT2D eigenvalue weighted by molar-refractivity contribution is -0.201. The third-order valence-electron chi connectivity index (χ3n) is 6.07. The van der Waals surface area contributed by atoms with E-state index in [4.69, 9.17) is 4.74 Å². The number of halogens is 6. The van der Waals surface area contributed by atoms with E-state index in [1.165, 1.54) is 6.20 Å². The van der Waals surface area contributed by atoms with Gasteiger partial charge >= 0.3 is 24.3 Å². The van der Waals surface area contributed by atoms with Gasteiger partial charge in [-0.15, -0.1) is 0 Å². The number of benzene rings is 2. The number of nitrogens with zero attached hydrogens (tertiary/aromatic N) is 1. The third-order valence-corrected chi connectivity index (χ3v) is 6.07. The second kappa shape index (κ2) is 12.3. The fourth-order valence-electron chi connectivity index (χ4n) is 4.13. The molecule has 0 radical (unpaired) electrons. The molecule has 13 heteroatoms. The molecule has 4 aromatic rings. The van der Waals surface area contributed by atoms with E-state index in [0.29, 0.717) is 41.8 Å². The number of H-pyrrole nitrogens is 1. The zero-order valence-electron chi connectivity index (χ0n) is 21.2. The van der Waals surface area contributed by atoms with Crippen LogP contribution in [0.25, 0.3) is 10.9 Å². The van der Waals surface area contributed by atoms with Crippen LogP contribution in [0.2, 0.25) is 0 Å². The van der Waals surface area contributed by atoms with Gasteiger partial charge in [0.2, 0.25) is 0 Å². The Hall–Kier alpha value is -4.55. The van der Waals surface area contributed by atoms with Crippen molar-refractivity contribution >= 4 is 28.7 Å². The lowest BCUT2D eigenvalue weighted by atomic mass is 9.88. The first-order valence-electron chi connectivity index (χ1n) is 12.3. The number of hydrogen-bond acceptors (Lipinski definition) is 6. The smallest absolute Gasteiger partial charge is 0.491 e. The summed E-state index contributed by atoms with van der Waals surface area (Å²) < 4.78 is 86.7. The maximum atomic E-state index is 13.1. The number of aromatic amines is 1. The largest absolute Gasteiger partial charge is 0.493 e. The third kappa shape index (κ3) is 7.77. The first-order valence-corrected chi connectivity index (χ1v) is 12.3. The van der Waals surface area contributed by atoms with Crippen molar-refractivity contribution in [2.24, 2.45) is 0 Å². The molecular formula is C28H23F6N3O4. The minimum absolute atomic E-state index is 0.205. The molecule has 2 heterocycles. The zero-order valence-corrected chi connectivity index (χ0v) is 21.2. The van der Waals surface area contributed by atoms with Crippen LogP contribution in [-0.2, 0) is 20.5 Å². The zero-order chi connectivity index (χ0) is 29.6. The summed E-state index contributed by atoms with van der Waals surface area (Å²) in [6.45, 7) is 1.000. The number of pyridine rings is 1. The van der Waals surface area contributed by atoms with Gasteiger partial charge in [-0.3, -0.25) is 4.79 Å². The predicted octanol–water partition coefficient (Wildman–Crippen LogP) is 6.62. The molecule has 2 aromatic carbocycles. The van der Waals surface area contributed by atoms with Crippen LogP contribution in [0.15, 0.2) is 73.1 Å². The van der Waals surface area contributed by atoms with E-state index in [2.05, 4.69) is 20.0 Å². The average molecular weight is 579 g/mol. The van der Waals surface area contributed by atoms with Crippen molar-refractivity contribution in [2.75, 3.05) is 18.5 Å². The summed E-state index contributed by atoms with van der Waals surface area (Å²) in [7, 11) is 0. The molecule has 0 bridgehead atoms. The molecule has 0 aliphatic carbocycles. The quantitative estimate of drug-likeness (QED) is 0.0950. The molecule has 216 valence electrons. The van der Waals surface area contributed by atoms with Gasteiger partial charge in [0.05, 0.1) is 18.6 Å². The Kier molecular flexibility index (Phi) is 8.84. The molecule has 1 unspecified atom stereocenters. The number of esters is 2. The second-order valence-corrected chi connectivity index (χ2v) is 8.93. The fraction of sp³-hybridized carbons (Fsp3) is 0.250. The number of carbonyl (C=O) groups excluding carboxylic acids is 2. The summed E-state index contributed by atoms with van der Waals surface area (Å²) in [4.78, 5) is 30.6. The van der Waals surface area contributed by atoms with Crippen molar-refractivity contribution in [1.82, 2.24) is 9.97 Å². The number of fused-ring (bicyclic) bond motifs is 1. The molecule has 1 atom stereocenters. The second-order valence-electron chi connectivity index (χ2n) is 8.93. The van der Waals surface area contributed by atoms with Crippen LogP contribution in [0.1, 0.15) is 35.4 Å². The monoisotopic (exact) mass is 579 g/mol. The minimum Gasteiger partial charge on any atom is -0.493 e. The highest BCUT2D eigenvalue weighted by molar-refractivity contribution is 5.90. The Labute approximate surface area is 229 Å². The number of ether oxygens (including phenoxy) is 2. The molecule has 7 nitrogen and oxygen atoms in total. The Balaban J connectivity index is 1.51. The molecule has 0 amide bonds. The van der Waals surface area contributed by atoms with Gasteiger partial charge in [0, 0.05) is 41.8 Å². The van der Waals surface area contributed by atoms with Crippen LogP contribution in [0, 0.1) is 0 Å². The van der Waals surface area contributed by atoms with Crippen LogP contribution in [-0.4, -0.2) is 41.2 Å². The minimum atomic E-state index is -5.38. The van der Waals surface area contributed by atoms with Crippen molar-refractivity contribution in [3.8, 4) is 5.75 Å². The molecule has 4 rings (SSSR count). The first-order chi connectivity index (χ1) is 19.4. The maximum absolute atomic E-state index is 13.1. The molecule has 0 aliphatic heterocycles. The number of carbonyl (C=O) groups is 2. The van der Waals surface area contributed by atoms with Gasteiger partial charge < -0.3 is 19.8 Å². The standard InChI is InChI=1S/C28H23F6N3O4/c29-27(30,31)18-7-5-17(6-8-18)21(15-25(38)41-26(39)28(32,33)34)22-16-37-23-14-19(9-10-20(22)23)40-13-3-12-36-24-4-1-2-11-35-24/h1-2,4-11,14,16,21,37H,3,12-13,15H2,(H,35,36). The van der Waals surface area contributed by atoms with Crippen LogP contribution >= 0.6 is 0 Å². The Bertz CT molecular complexity index is 1480. The summed E-state index contributed by atoms with van der Waals surface area (Å²) >= 11 is 0. The molecule has 0 saturated carbocycles. The Morgan fingerprint density at radius 1 is 0.976 bits per heavy atom. The van der Waals surface area contributed by atoms with E-state index in [0.717, 1.165) is 30.1 Å². The van der Waals surface area contributed by atoms with Crippen LogP contribution in [0.4, 0.5) is 32.2 Å². The van der Waals surface area contributed by atoms with Gasteiger partial charge in [0.1, 0.15) is 11.6 Å². The van der Waals surface area contributed by atoms with E-state index in [9.17, 15) is 35.9 Å². The molecular weight excluding hydrogens is 556 g/mol. The fourth-order valence-corrected chi connectivity index (χ4v) is 4.13. The number of rotatable bonds is 10. The van der Waals surface area contributed by atoms with Crippen LogP contribution in [0.5, 0.6) is 5.75 Å². The SMILES string of the molecule is O=C(CC(c1ccc(C(F)(F)F)cc1)c1c[nH]c2cc(OCCCNc3ccccn3)ccc12)OC(=O)C(F)(F)F. The lowest BCUT2D eigenvalue weighted by Gasteiger charge is -2.18. The Morgan fingerprint density at radius 3 is 2.39 bits per heavy atom. The summed E-state index contributed by atoms with van der Waals surface area (Å²) in [6.07, 6.45) is -6.90. The summed E-state index contributed by atoms with van der Waals surface area (Å²) in [6, 6.07) is 14.4. The summed E-state index contributed by atoms with van der Waals surface area (Å²) in [5.74, 6) is -3.92. The van der Waals surface area contributed by atoms with Crippen LogP contribution < -0.4 is 10.1 Å². The van der Waals surface area contributed by atoms with Gasteiger partial charge in [-0.2, -0.15) is 26.3 Å². The van der Waals surface area contributed by atoms with Gasteiger partial charge in [0.25, 0.3) is 0 Å². The molecule has 2 aromatic heterocycles. The van der Waals surface area contributed by atoms with Crippen molar-refractivity contribution in [3.63, 3.8) is 0 Å². The molecule has 2 N–H and O–H groups in total. The van der Waals surface area contributed by atoms with Gasteiger partial charge in [0.15, 0.2) is 0 Å². The normalized spacial score (nSPS) is 12.6. The van der Waals surface area contributed by atoms with E-state index in [1.807, 2.05) is 18.2 Å². The highest BCUT2D eigenvalue weighted by atomic mass is 19.4. The summed E-state index contributed by atoms with van der Waals surface area (Å²) in [5.41, 5.74) is 0.227. The van der Waals surface area contributed by atoms with Crippen molar-refractivity contribution in [2.45, 2.75) is 31.1 Å². The topological polar surface area (TPSA) is 93.3 Å². The number of nitrogens with one attached hydrogen (secondary N) is 2. The van der Waals surface area contributed by atoms with Crippen molar-refractivity contribution < 1.29 is 45.4 Å². The molecule has 0 aliphatic rings. The van der Waals surface area contributed by atoms with Crippen LogP contribution in [0.3, 0.4) is 0 Å². The number of anilines is 1. The molecule has 0 spiro atoms. The molecule has 0 fully saturated rings. The van der Waals surface area contributed by atoms with E-state index in [1.54, 1.807) is 24.4 Å². The number of alkyl halides is 6. The highest BCUT2D eigenvalue weighted by Crippen LogP contribution is 2.37. The molecule has 0 saturated heterocycles. The van der Waals surface area contributed by atoms with Crippen molar-refractivity contribution in [3.05, 3.63) is 89.7 Å². The van der Waals surface area contributed by atoms with Gasteiger partial charge in [-0.25, -0.2) is 9.78 Å². The van der Waals surface area contributed by atoms with Gasteiger partial charge in [-0.05, 0) is 53.9 Å².